The number of hydrogen-bond acceptors (Lipinski definition) is 2. The molecule has 1 fully saturated rings. The van der Waals surface area contributed by atoms with Gasteiger partial charge in [0.1, 0.15) is 0 Å². The van der Waals surface area contributed by atoms with Crippen LogP contribution in [0.25, 0.3) is 0 Å². The Kier molecular flexibility index (Phi) is 2.27. The van der Waals surface area contributed by atoms with Crippen LogP contribution in [0.3, 0.4) is 0 Å². The van der Waals surface area contributed by atoms with Crippen molar-refractivity contribution < 1.29 is 9.90 Å². The van der Waals surface area contributed by atoms with Gasteiger partial charge >= 0.3 is 5.97 Å². The number of aliphatic carboxylic acids is 1. The maximum atomic E-state index is 10.4. The summed E-state index contributed by atoms with van der Waals surface area (Å²) in [5, 5.41) is 11.7. The molecule has 0 bridgehead atoms. The molecule has 0 aromatic heterocycles. The molecule has 1 unspecified atom stereocenters. The van der Waals surface area contributed by atoms with E-state index in [1.54, 1.807) is 0 Å². The predicted octanol–water partition coefficient (Wildman–Crippen LogP) is 0.459. The molecule has 58 valence electrons. The van der Waals surface area contributed by atoms with Gasteiger partial charge in [-0.2, -0.15) is 0 Å². The lowest BCUT2D eigenvalue weighted by atomic mass is 9.96. The van der Waals surface area contributed by atoms with Gasteiger partial charge in [0.05, 0.1) is 5.92 Å². The lowest BCUT2D eigenvalue weighted by molar-refractivity contribution is -0.142. The SMILES string of the molecule is C[C@@H]1CCC(C(=O)O)CN1. The van der Waals surface area contributed by atoms with Crippen LogP contribution in [0.15, 0.2) is 0 Å². The van der Waals surface area contributed by atoms with Crippen LogP contribution in [-0.4, -0.2) is 23.7 Å². The summed E-state index contributed by atoms with van der Waals surface area (Å²) in [6, 6.07) is 0.496. The monoisotopic (exact) mass is 143 g/mol. The van der Waals surface area contributed by atoms with Gasteiger partial charge in [-0.3, -0.25) is 4.79 Å². The molecule has 3 nitrogen and oxygen atoms in total. The van der Waals surface area contributed by atoms with Crippen LogP contribution in [-0.2, 0) is 4.79 Å². The van der Waals surface area contributed by atoms with E-state index in [9.17, 15) is 4.79 Å². The first-order chi connectivity index (χ1) is 4.70. The molecule has 1 aliphatic rings. The van der Waals surface area contributed by atoms with Crippen LogP contribution in [0.1, 0.15) is 19.8 Å². The summed E-state index contributed by atoms with van der Waals surface area (Å²) in [7, 11) is 0. The number of hydrogen-bond donors (Lipinski definition) is 2. The third kappa shape index (κ3) is 1.70. The maximum Gasteiger partial charge on any atom is 0.307 e. The van der Waals surface area contributed by atoms with Gasteiger partial charge in [0.25, 0.3) is 0 Å². The van der Waals surface area contributed by atoms with Crippen molar-refractivity contribution in [2.45, 2.75) is 25.8 Å². The Morgan fingerprint density at radius 3 is 2.70 bits per heavy atom. The van der Waals surface area contributed by atoms with Crippen molar-refractivity contribution in [3.8, 4) is 0 Å². The topological polar surface area (TPSA) is 49.3 Å². The number of carboxylic acid groups (broad SMARTS) is 1. The van der Waals surface area contributed by atoms with Crippen molar-refractivity contribution >= 4 is 5.97 Å². The van der Waals surface area contributed by atoms with Gasteiger partial charge in [0.15, 0.2) is 0 Å². The fraction of sp³-hybridized carbons (Fsp3) is 0.857. The molecule has 0 spiro atoms. The van der Waals surface area contributed by atoms with Gasteiger partial charge in [0, 0.05) is 12.6 Å². The average Bonchev–Trinajstić information content (AvgIpc) is 1.88. The molecule has 0 amide bonds. The molecule has 0 aliphatic carbocycles. The first-order valence-corrected chi connectivity index (χ1v) is 3.66. The molecule has 1 aliphatic heterocycles. The molecule has 0 aromatic carbocycles. The van der Waals surface area contributed by atoms with E-state index in [0.29, 0.717) is 12.6 Å². The Bertz CT molecular complexity index is 128. The highest BCUT2D eigenvalue weighted by molar-refractivity contribution is 5.70. The molecule has 3 heteroatoms. The fourth-order valence-electron chi connectivity index (χ4n) is 1.21. The minimum Gasteiger partial charge on any atom is -0.481 e. The first-order valence-electron chi connectivity index (χ1n) is 3.66. The first kappa shape index (κ1) is 7.54. The quantitative estimate of drug-likeness (QED) is 0.560. The van der Waals surface area contributed by atoms with E-state index < -0.39 is 5.97 Å². The molecule has 1 rings (SSSR count). The van der Waals surface area contributed by atoms with E-state index in [-0.39, 0.29) is 5.92 Å². The fourth-order valence-corrected chi connectivity index (χ4v) is 1.21. The second kappa shape index (κ2) is 3.01. The zero-order valence-electron chi connectivity index (χ0n) is 6.13. The van der Waals surface area contributed by atoms with Gasteiger partial charge in [-0.25, -0.2) is 0 Å². The van der Waals surface area contributed by atoms with Crippen LogP contribution in [0.5, 0.6) is 0 Å². The van der Waals surface area contributed by atoms with Gasteiger partial charge in [0.2, 0.25) is 0 Å². The Labute approximate surface area is 60.4 Å². The number of carbonyl (C=O) groups is 1. The smallest absolute Gasteiger partial charge is 0.307 e. The summed E-state index contributed by atoms with van der Waals surface area (Å²) >= 11 is 0. The Hall–Kier alpha value is -0.570. The van der Waals surface area contributed by atoms with Crippen LogP contribution >= 0.6 is 0 Å². The normalized spacial score (nSPS) is 33.7. The van der Waals surface area contributed by atoms with Crippen LogP contribution in [0, 0.1) is 5.92 Å². The summed E-state index contributed by atoms with van der Waals surface area (Å²) in [4.78, 5) is 10.4. The van der Waals surface area contributed by atoms with Crippen molar-refractivity contribution in [2.75, 3.05) is 6.54 Å². The van der Waals surface area contributed by atoms with E-state index in [1.807, 2.05) is 0 Å². The van der Waals surface area contributed by atoms with E-state index in [1.165, 1.54) is 0 Å². The van der Waals surface area contributed by atoms with E-state index in [4.69, 9.17) is 5.11 Å². The van der Waals surface area contributed by atoms with Crippen LogP contribution in [0.2, 0.25) is 0 Å². The number of carboxylic acids is 1. The summed E-state index contributed by atoms with van der Waals surface area (Å²) in [6.07, 6.45) is 1.81. The molecule has 1 heterocycles. The highest BCUT2D eigenvalue weighted by atomic mass is 16.4. The summed E-state index contributed by atoms with van der Waals surface area (Å²) < 4.78 is 0. The average molecular weight is 143 g/mol. The second-order valence-electron chi connectivity index (χ2n) is 2.92. The van der Waals surface area contributed by atoms with Gasteiger partial charge in [-0.15, -0.1) is 0 Å². The summed E-state index contributed by atoms with van der Waals surface area (Å²) in [5.74, 6) is -0.824. The molecule has 1 saturated heterocycles. The highest BCUT2D eigenvalue weighted by Crippen LogP contribution is 2.13. The molecular formula is C7H13NO2. The van der Waals surface area contributed by atoms with E-state index in [0.717, 1.165) is 12.8 Å². The Morgan fingerprint density at radius 1 is 1.60 bits per heavy atom. The molecule has 10 heavy (non-hydrogen) atoms. The maximum absolute atomic E-state index is 10.4. The van der Waals surface area contributed by atoms with E-state index in [2.05, 4.69) is 12.2 Å². The van der Waals surface area contributed by atoms with Crippen molar-refractivity contribution in [1.82, 2.24) is 5.32 Å². The Balaban J connectivity index is 2.33. The number of piperidine rings is 1. The van der Waals surface area contributed by atoms with Gasteiger partial charge in [-0.1, -0.05) is 0 Å². The van der Waals surface area contributed by atoms with Crippen LogP contribution < -0.4 is 5.32 Å². The highest BCUT2D eigenvalue weighted by Gasteiger charge is 2.22. The number of nitrogens with one attached hydrogen (secondary N) is 1. The molecule has 0 saturated carbocycles. The van der Waals surface area contributed by atoms with Crippen molar-refractivity contribution in [2.24, 2.45) is 5.92 Å². The molecular weight excluding hydrogens is 130 g/mol. The summed E-state index contributed by atoms with van der Waals surface area (Å²) in [6.45, 7) is 2.72. The third-order valence-electron chi connectivity index (χ3n) is 2.01. The third-order valence-corrected chi connectivity index (χ3v) is 2.01. The predicted molar refractivity (Wildman–Crippen MR) is 37.8 cm³/mol. The molecule has 0 radical (unpaired) electrons. The molecule has 2 N–H and O–H groups in total. The lowest BCUT2D eigenvalue weighted by Gasteiger charge is -2.24. The minimum absolute atomic E-state index is 0.156. The zero-order valence-corrected chi connectivity index (χ0v) is 6.13. The van der Waals surface area contributed by atoms with Gasteiger partial charge in [-0.05, 0) is 19.8 Å². The van der Waals surface area contributed by atoms with Crippen molar-refractivity contribution in [3.63, 3.8) is 0 Å². The second-order valence-corrected chi connectivity index (χ2v) is 2.92. The lowest BCUT2D eigenvalue weighted by Crippen LogP contribution is -2.39. The van der Waals surface area contributed by atoms with Crippen LogP contribution in [0.4, 0.5) is 0 Å². The van der Waals surface area contributed by atoms with Crippen molar-refractivity contribution in [3.05, 3.63) is 0 Å². The number of rotatable bonds is 1. The minimum atomic E-state index is -0.667. The van der Waals surface area contributed by atoms with Gasteiger partial charge < -0.3 is 10.4 Å². The molecule has 0 aromatic rings. The largest absolute Gasteiger partial charge is 0.481 e. The standard InChI is InChI=1S/C7H13NO2/c1-5-2-3-6(4-8-5)7(9)10/h5-6,8H,2-4H2,1H3,(H,9,10)/t5-,6?/m1/s1. The van der Waals surface area contributed by atoms with Crippen molar-refractivity contribution in [1.29, 1.82) is 0 Å². The molecule has 2 atom stereocenters. The van der Waals surface area contributed by atoms with E-state index >= 15 is 0 Å². The zero-order chi connectivity index (χ0) is 7.56. The Morgan fingerprint density at radius 2 is 2.30 bits per heavy atom. The summed E-state index contributed by atoms with van der Waals surface area (Å²) in [5.41, 5.74) is 0.